The summed E-state index contributed by atoms with van der Waals surface area (Å²) in [5.41, 5.74) is 1.72. The van der Waals surface area contributed by atoms with Crippen molar-refractivity contribution in [3.05, 3.63) is 38.3 Å². The second kappa shape index (κ2) is 13.7. The third-order valence-electron chi connectivity index (χ3n) is 0.625. The third-order valence-corrected chi connectivity index (χ3v) is 0.625. The van der Waals surface area contributed by atoms with E-state index in [1.807, 2.05) is 6.92 Å². The zero-order chi connectivity index (χ0) is 9.28. The summed E-state index contributed by atoms with van der Waals surface area (Å²) in [5, 5.41) is 2.99. The normalized spacial score (nSPS) is 6.83. The van der Waals surface area contributed by atoms with E-state index in [4.69, 9.17) is 0 Å². The van der Waals surface area contributed by atoms with Gasteiger partial charge < -0.3 is 5.32 Å². The van der Waals surface area contributed by atoms with Crippen LogP contribution in [0.5, 0.6) is 0 Å². The summed E-state index contributed by atoms with van der Waals surface area (Å²) in [6, 6.07) is 0. The van der Waals surface area contributed by atoms with Crippen LogP contribution in [0.3, 0.4) is 0 Å². The van der Waals surface area contributed by atoms with Crippen molar-refractivity contribution in [2.75, 3.05) is 6.54 Å². The molecule has 0 heterocycles. The van der Waals surface area contributed by atoms with Gasteiger partial charge in [-0.2, -0.15) is 0 Å². The van der Waals surface area contributed by atoms with Gasteiger partial charge in [0.1, 0.15) is 0 Å². The first-order valence-electron chi connectivity index (χ1n) is 3.72. The van der Waals surface area contributed by atoms with Crippen molar-refractivity contribution in [3.63, 3.8) is 0 Å². The molecule has 0 spiro atoms. The van der Waals surface area contributed by atoms with Gasteiger partial charge in [-0.05, 0) is 6.42 Å². The van der Waals surface area contributed by atoms with E-state index in [-0.39, 0.29) is 32.7 Å². The molecule has 0 atom stereocenters. The maximum Gasteiger partial charge on any atom is 0.0112 e. The molecule has 1 nitrogen and oxygen atoms in total. The summed E-state index contributed by atoms with van der Waals surface area (Å²) >= 11 is 0. The predicted molar refractivity (Wildman–Crippen MR) is 53.0 cm³/mol. The largest absolute Gasteiger partial charge is 0.418 e. The van der Waals surface area contributed by atoms with Crippen LogP contribution in [0.2, 0.25) is 0 Å². The molecule has 0 aromatic carbocycles. The van der Waals surface area contributed by atoms with E-state index in [1.165, 1.54) is 0 Å². The van der Waals surface area contributed by atoms with Crippen molar-refractivity contribution in [3.8, 4) is 0 Å². The number of hydrogen-bond donors (Lipinski definition) is 1. The molecule has 0 bridgehead atoms. The van der Waals surface area contributed by atoms with Gasteiger partial charge in [0.05, 0.1) is 0 Å². The van der Waals surface area contributed by atoms with Crippen LogP contribution in [0.25, 0.3) is 0 Å². The van der Waals surface area contributed by atoms with Crippen LogP contribution in [-0.2, 0) is 32.7 Å². The molecule has 0 aliphatic rings. The van der Waals surface area contributed by atoms with Gasteiger partial charge in [0, 0.05) is 39.3 Å². The van der Waals surface area contributed by atoms with Crippen molar-refractivity contribution in [1.82, 2.24) is 5.32 Å². The zero-order valence-electron chi connectivity index (χ0n) is 8.32. The quantitative estimate of drug-likeness (QED) is 0.750. The Kier molecular flexibility index (Phi) is 20.6. The molecule has 0 aliphatic heterocycles. The molecule has 0 aromatic heterocycles. The van der Waals surface area contributed by atoms with Gasteiger partial charge >= 0.3 is 0 Å². The molecular formula is C10H19NY-2. The number of hydrogen-bond acceptors (Lipinski definition) is 1. The van der Waals surface area contributed by atoms with E-state index in [1.54, 1.807) is 0 Å². The maximum absolute atomic E-state index is 3.57. The summed E-state index contributed by atoms with van der Waals surface area (Å²) in [4.78, 5) is 0. The first-order chi connectivity index (χ1) is 5.00. The SMILES string of the molecule is C=C([CH2-])C.C=C([CH2-])NCCC.[Y]. The second-order valence-electron chi connectivity index (χ2n) is 2.49. The molecule has 0 saturated carbocycles. The van der Waals surface area contributed by atoms with Gasteiger partial charge in [-0.3, -0.25) is 0 Å². The average molecular weight is 242 g/mol. The number of nitrogens with one attached hydrogen (secondary N) is 1. The Labute approximate surface area is 103 Å². The van der Waals surface area contributed by atoms with Crippen LogP contribution in [-0.4, -0.2) is 6.54 Å². The van der Waals surface area contributed by atoms with E-state index in [9.17, 15) is 0 Å². The van der Waals surface area contributed by atoms with Crippen LogP contribution in [0, 0.1) is 13.8 Å². The van der Waals surface area contributed by atoms with Gasteiger partial charge in [0.2, 0.25) is 0 Å². The summed E-state index contributed by atoms with van der Waals surface area (Å²) in [6.45, 7) is 19.0. The Hall–Kier alpha value is 0.124. The van der Waals surface area contributed by atoms with Crippen molar-refractivity contribution < 1.29 is 32.7 Å². The van der Waals surface area contributed by atoms with Crippen LogP contribution in [0.1, 0.15) is 20.3 Å². The van der Waals surface area contributed by atoms with Gasteiger partial charge in [-0.15, -0.1) is 5.70 Å². The Morgan fingerprint density at radius 3 is 1.75 bits per heavy atom. The molecule has 0 fully saturated rings. The van der Waals surface area contributed by atoms with Gasteiger partial charge in [-0.1, -0.05) is 13.8 Å². The van der Waals surface area contributed by atoms with Crippen LogP contribution < -0.4 is 5.32 Å². The zero-order valence-corrected chi connectivity index (χ0v) is 11.2. The summed E-state index contributed by atoms with van der Waals surface area (Å²) in [7, 11) is 0. The second-order valence-corrected chi connectivity index (χ2v) is 2.49. The summed E-state index contributed by atoms with van der Waals surface area (Å²) < 4.78 is 0. The van der Waals surface area contributed by atoms with Crippen molar-refractivity contribution in [1.29, 1.82) is 0 Å². The molecule has 12 heavy (non-hydrogen) atoms. The van der Waals surface area contributed by atoms with Crippen LogP contribution in [0.4, 0.5) is 0 Å². The molecule has 0 aromatic rings. The minimum absolute atomic E-state index is 0. The smallest absolute Gasteiger partial charge is 0.0112 e. The van der Waals surface area contributed by atoms with Gasteiger partial charge in [0.25, 0.3) is 0 Å². The van der Waals surface area contributed by atoms with Crippen molar-refractivity contribution >= 4 is 0 Å². The molecule has 69 valence electrons. The Balaban J connectivity index is -0.000000142. The molecular weight excluding hydrogens is 223 g/mol. The Morgan fingerprint density at radius 1 is 1.33 bits per heavy atom. The maximum atomic E-state index is 3.57. The van der Waals surface area contributed by atoms with Crippen molar-refractivity contribution in [2.45, 2.75) is 20.3 Å². The summed E-state index contributed by atoms with van der Waals surface area (Å²) in [5.74, 6) is 0. The Morgan fingerprint density at radius 2 is 1.67 bits per heavy atom. The number of allylic oxidation sites excluding steroid dienone is 2. The molecule has 0 amide bonds. The molecule has 2 heteroatoms. The molecule has 1 N–H and O–H groups in total. The summed E-state index contributed by atoms with van der Waals surface area (Å²) in [6.07, 6.45) is 1.13. The topological polar surface area (TPSA) is 12.0 Å². The predicted octanol–water partition coefficient (Wildman–Crippen LogP) is 2.73. The van der Waals surface area contributed by atoms with Crippen LogP contribution in [0.15, 0.2) is 24.4 Å². The van der Waals surface area contributed by atoms with E-state index in [0.29, 0.717) is 0 Å². The first-order valence-corrected chi connectivity index (χ1v) is 3.72. The first kappa shape index (κ1) is 18.0. The van der Waals surface area contributed by atoms with E-state index < -0.39 is 0 Å². The van der Waals surface area contributed by atoms with Crippen molar-refractivity contribution in [2.24, 2.45) is 0 Å². The van der Waals surface area contributed by atoms with E-state index in [0.717, 1.165) is 24.2 Å². The minimum Gasteiger partial charge on any atom is -0.418 e. The van der Waals surface area contributed by atoms with Gasteiger partial charge in [-0.25, -0.2) is 32.6 Å². The molecule has 0 unspecified atom stereocenters. The average Bonchev–Trinajstić information content (AvgIpc) is 1.82. The third kappa shape index (κ3) is 49.6. The standard InChI is InChI=1S/C6H12N.C4H7.Y/c1-4-5-7-6(2)3;1-4(2)3;/h7H,2-5H2,1H3;1-2H2,3H3;/q2*-1;. The molecule has 0 rings (SSSR count). The molecule has 0 aliphatic carbocycles. The monoisotopic (exact) mass is 242 g/mol. The fourth-order valence-electron chi connectivity index (χ4n) is 0.302. The Bertz CT molecular complexity index is 115. The number of rotatable bonds is 3. The molecule has 1 radical (unpaired) electrons. The molecule has 0 saturated heterocycles. The minimum atomic E-state index is 0. The fraction of sp³-hybridized carbons (Fsp3) is 0.400. The van der Waals surface area contributed by atoms with Gasteiger partial charge in [0.15, 0.2) is 0 Å². The van der Waals surface area contributed by atoms with Crippen LogP contribution >= 0.6 is 0 Å². The van der Waals surface area contributed by atoms with E-state index >= 15 is 0 Å². The van der Waals surface area contributed by atoms with E-state index in [2.05, 4.69) is 39.2 Å². The fourth-order valence-corrected chi connectivity index (χ4v) is 0.302.